The van der Waals surface area contributed by atoms with Crippen molar-refractivity contribution in [2.24, 2.45) is 10.7 Å². The summed E-state index contributed by atoms with van der Waals surface area (Å²) in [7, 11) is 5.26. The lowest BCUT2D eigenvalue weighted by molar-refractivity contribution is 0.465. The van der Waals surface area contributed by atoms with E-state index in [-0.39, 0.29) is 6.29 Å². The Labute approximate surface area is 61.1 Å². The highest BCUT2D eigenvalue weighted by molar-refractivity contribution is 5.77. The standard InChI is InChI=1S/C5H15N5/c1-7-4(6)10-5(8-2)9-3/h5,8-9H,1-3H3,(H3,6,7,10). The summed E-state index contributed by atoms with van der Waals surface area (Å²) in [6.45, 7) is 0. The first-order valence-electron chi connectivity index (χ1n) is 3.08. The van der Waals surface area contributed by atoms with Gasteiger partial charge in [-0.2, -0.15) is 0 Å². The molecule has 0 aromatic carbocycles. The first-order chi connectivity index (χ1) is 4.74. The molecule has 0 spiro atoms. The van der Waals surface area contributed by atoms with E-state index in [1.807, 2.05) is 14.1 Å². The molecule has 0 fully saturated rings. The number of rotatable bonds is 3. The van der Waals surface area contributed by atoms with E-state index in [1.54, 1.807) is 7.05 Å². The van der Waals surface area contributed by atoms with Crippen LogP contribution in [0.25, 0.3) is 0 Å². The van der Waals surface area contributed by atoms with Gasteiger partial charge in [-0.1, -0.05) is 0 Å². The molecule has 5 nitrogen and oxygen atoms in total. The Hall–Kier alpha value is -0.810. The summed E-state index contributed by atoms with van der Waals surface area (Å²) in [6, 6.07) is 0. The highest BCUT2D eigenvalue weighted by Crippen LogP contribution is 1.65. The topological polar surface area (TPSA) is 74.5 Å². The van der Waals surface area contributed by atoms with Crippen molar-refractivity contribution in [2.45, 2.75) is 6.29 Å². The SMILES string of the molecule is CN=C(N)NC(NC)NC. The van der Waals surface area contributed by atoms with Crippen LogP contribution < -0.4 is 21.7 Å². The molecular formula is C5H15N5. The average Bonchev–Trinajstić information content (AvgIpc) is 1.99. The van der Waals surface area contributed by atoms with Crippen molar-refractivity contribution in [3.8, 4) is 0 Å². The highest BCUT2D eigenvalue weighted by Gasteiger charge is 1.99. The Morgan fingerprint density at radius 2 is 1.90 bits per heavy atom. The molecule has 60 valence electrons. The Kier molecular flexibility index (Phi) is 4.61. The van der Waals surface area contributed by atoms with Crippen LogP contribution in [-0.2, 0) is 0 Å². The largest absolute Gasteiger partial charge is 0.370 e. The maximum Gasteiger partial charge on any atom is 0.190 e. The number of hydrogen-bond donors (Lipinski definition) is 4. The lowest BCUT2D eigenvalue weighted by atomic mass is 10.7. The normalized spacial score (nSPS) is 12.2. The van der Waals surface area contributed by atoms with Crippen LogP contribution in [0.4, 0.5) is 0 Å². The van der Waals surface area contributed by atoms with Crippen molar-refractivity contribution in [1.29, 1.82) is 0 Å². The van der Waals surface area contributed by atoms with Gasteiger partial charge >= 0.3 is 0 Å². The second-order valence-corrected chi connectivity index (χ2v) is 1.76. The molecular weight excluding hydrogens is 130 g/mol. The molecule has 0 aromatic heterocycles. The maximum atomic E-state index is 5.38. The van der Waals surface area contributed by atoms with Gasteiger partial charge < -0.3 is 11.1 Å². The number of guanidine groups is 1. The van der Waals surface area contributed by atoms with Crippen molar-refractivity contribution >= 4 is 5.96 Å². The van der Waals surface area contributed by atoms with E-state index in [1.165, 1.54) is 0 Å². The van der Waals surface area contributed by atoms with Crippen LogP contribution in [0.2, 0.25) is 0 Å². The summed E-state index contributed by atoms with van der Waals surface area (Å²) in [5, 5.41) is 8.74. The predicted molar refractivity (Wildman–Crippen MR) is 42.6 cm³/mol. The first kappa shape index (κ1) is 9.19. The third kappa shape index (κ3) is 3.26. The van der Waals surface area contributed by atoms with E-state index >= 15 is 0 Å². The third-order valence-corrected chi connectivity index (χ3v) is 1.11. The van der Waals surface area contributed by atoms with Crippen molar-refractivity contribution in [3.63, 3.8) is 0 Å². The van der Waals surface area contributed by atoms with Crippen LogP contribution in [0.1, 0.15) is 0 Å². The van der Waals surface area contributed by atoms with Crippen LogP contribution in [0.3, 0.4) is 0 Å². The molecule has 0 saturated heterocycles. The molecule has 0 aliphatic rings. The fourth-order valence-electron chi connectivity index (χ4n) is 0.501. The zero-order valence-electron chi connectivity index (χ0n) is 6.60. The van der Waals surface area contributed by atoms with Crippen molar-refractivity contribution in [3.05, 3.63) is 0 Å². The van der Waals surface area contributed by atoms with E-state index in [0.29, 0.717) is 5.96 Å². The zero-order valence-corrected chi connectivity index (χ0v) is 6.60. The molecule has 0 bridgehead atoms. The van der Waals surface area contributed by atoms with Crippen molar-refractivity contribution < 1.29 is 0 Å². The van der Waals surface area contributed by atoms with Gasteiger partial charge in [0.2, 0.25) is 0 Å². The molecule has 0 atom stereocenters. The number of aliphatic imine (C=N–C) groups is 1. The predicted octanol–water partition coefficient (Wildman–Crippen LogP) is -1.76. The van der Waals surface area contributed by atoms with Crippen LogP contribution in [0, 0.1) is 0 Å². The van der Waals surface area contributed by atoms with E-state index in [4.69, 9.17) is 5.73 Å². The average molecular weight is 145 g/mol. The van der Waals surface area contributed by atoms with E-state index in [9.17, 15) is 0 Å². The van der Waals surface area contributed by atoms with Gasteiger partial charge in [-0.3, -0.25) is 15.6 Å². The van der Waals surface area contributed by atoms with Crippen LogP contribution in [0.5, 0.6) is 0 Å². The molecule has 0 aliphatic heterocycles. The summed E-state index contributed by atoms with van der Waals surface area (Å²) >= 11 is 0. The van der Waals surface area contributed by atoms with Crippen LogP contribution >= 0.6 is 0 Å². The number of nitrogens with two attached hydrogens (primary N) is 1. The van der Waals surface area contributed by atoms with Gasteiger partial charge in [0.1, 0.15) is 6.29 Å². The summed E-state index contributed by atoms with van der Waals surface area (Å²) in [4.78, 5) is 3.73. The third-order valence-electron chi connectivity index (χ3n) is 1.11. The molecule has 0 unspecified atom stereocenters. The fourth-order valence-corrected chi connectivity index (χ4v) is 0.501. The highest BCUT2D eigenvalue weighted by atomic mass is 15.3. The minimum atomic E-state index is -0.0244. The van der Waals surface area contributed by atoms with Gasteiger partial charge in [-0.15, -0.1) is 0 Å². The van der Waals surface area contributed by atoms with Gasteiger partial charge in [0, 0.05) is 7.05 Å². The van der Waals surface area contributed by atoms with E-state index < -0.39 is 0 Å². The molecule has 0 heterocycles. The lowest BCUT2D eigenvalue weighted by Gasteiger charge is -2.16. The summed E-state index contributed by atoms with van der Waals surface area (Å²) < 4.78 is 0. The molecule has 0 rings (SSSR count). The molecule has 5 N–H and O–H groups in total. The number of nitrogens with one attached hydrogen (secondary N) is 3. The van der Waals surface area contributed by atoms with E-state index in [2.05, 4.69) is 20.9 Å². The first-order valence-corrected chi connectivity index (χ1v) is 3.08. The van der Waals surface area contributed by atoms with Crippen molar-refractivity contribution in [2.75, 3.05) is 21.1 Å². The summed E-state index contributed by atoms with van der Waals surface area (Å²) in [6.07, 6.45) is -0.0244. The maximum absolute atomic E-state index is 5.38. The number of hydrogen-bond acceptors (Lipinski definition) is 3. The Morgan fingerprint density at radius 1 is 1.40 bits per heavy atom. The lowest BCUT2D eigenvalue weighted by Crippen LogP contribution is -2.54. The van der Waals surface area contributed by atoms with Crippen LogP contribution in [0.15, 0.2) is 4.99 Å². The molecule has 0 amide bonds. The molecule has 0 saturated carbocycles. The smallest absolute Gasteiger partial charge is 0.190 e. The van der Waals surface area contributed by atoms with E-state index in [0.717, 1.165) is 0 Å². The minimum Gasteiger partial charge on any atom is -0.370 e. The Morgan fingerprint density at radius 3 is 2.20 bits per heavy atom. The summed E-state index contributed by atoms with van der Waals surface area (Å²) in [5.41, 5.74) is 5.38. The minimum absolute atomic E-state index is 0.0244. The Balaban J connectivity index is 3.63. The number of nitrogens with zero attached hydrogens (tertiary/aromatic N) is 1. The fraction of sp³-hybridized carbons (Fsp3) is 0.800. The Bertz CT molecular complexity index is 107. The van der Waals surface area contributed by atoms with Gasteiger partial charge in [0.25, 0.3) is 0 Å². The molecule has 0 aromatic rings. The second-order valence-electron chi connectivity index (χ2n) is 1.76. The monoisotopic (exact) mass is 145 g/mol. The van der Waals surface area contributed by atoms with Gasteiger partial charge in [-0.25, -0.2) is 0 Å². The zero-order chi connectivity index (χ0) is 7.98. The van der Waals surface area contributed by atoms with Gasteiger partial charge in [-0.05, 0) is 14.1 Å². The molecule has 10 heavy (non-hydrogen) atoms. The second kappa shape index (κ2) is 5.01. The molecule has 5 heteroatoms. The molecule has 0 radical (unpaired) electrons. The molecule has 0 aliphatic carbocycles. The van der Waals surface area contributed by atoms with Crippen molar-refractivity contribution in [1.82, 2.24) is 16.0 Å². The van der Waals surface area contributed by atoms with Gasteiger partial charge in [0.05, 0.1) is 0 Å². The van der Waals surface area contributed by atoms with Gasteiger partial charge in [0.15, 0.2) is 5.96 Å². The quantitative estimate of drug-likeness (QED) is 0.216. The van der Waals surface area contributed by atoms with Crippen LogP contribution in [-0.4, -0.2) is 33.4 Å². The summed E-state index contributed by atoms with van der Waals surface area (Å²) in [5.74, 6) is 0.411.